The summed E-state index contributed by atoms with van der Waals surface area (Å²) in [7, 11) is 0. The topological polar surface area (TPSA) is 106 Å². The summed E-state index contributed by atoms with van der Waals surface area (Å²) < 4.78 is 11.5. The SMILES string of the molecule is O=C(NC1C2CC3CC1CC(O)(C3)C2)c1cnc(N[C@@H]2CCOC2)nc1OC1CCC1. The molecular weight excluding hydrogens is 396 g/mol. The van der Waals surface area contributed by atoms with E-state index < -0.39 is 5.60 Å². The summed E-state index contributed by atoms with van der Waals surface area (Å²) in [6.07, 6.45) is 10.5. The van der Waals surface area contributed by atoms with Crippen molar-refractivity contribution in [3.05, 3.63) is 11.8 Å². The average molecular weight is 429 g/mol. The Labute approximate surface area is 182 Å². The molecule has 6 fully saturated rings. The number of carbonyl (C=O) groups is 1. The normalized spacial score (nSPS) is 38.7. The number of amides is 1. The molecule has 1 aromatic heterocycles. The van der Waals surface area contributed by atoms with Gasteiger partial charge >= 0.3 is 0 Å². The summed E-state index contributed by atoms with van der Waals surface area (Å²) in [5.41, 5.74) is -0.0935. The van der Waals surface area contributed by atoms with Gasteiger partial charge in [-0.1, -0.05) is 0 Å². The predicted molar refractivity (Wildman–Crippen MR) is 113 cm³/mol. The van der Waals surface area contributed by atoms with Gasteiger partial charge in [-0.25, -0.2) is 4.98 Å². The van der Waals surface area contributed by atoms with Crippen molar-refractivity contribution < 1.29 is 19.4 Å². The van der Waals surface area contributed by atoms with Gasteiger partial charge in [0.1, 0.15) is 11.7 Å². The molecule has 5 saturated carbocycles. The third-order valence-corrected chi connectivity index (χ3v) is 8.13. The summed E-state index contributed by atoms with van der Waals surface area (Å²) in [5, 5.41) is 17.4. The van der Waals surface area contributed by atoms with Crippen LogP contribution < -0.4 is 15.4 Å². The van der Waals surface area contributed by atoms with Crippen molar-refractivity contribution in [2.75, 3.05) is 18.5 Å². The number of ether oxygens (including phenoxy) is 2. The molecule has 0 aromatic carbocycles. The molecule has 6 aliphatic rings. The van der Waals surface area contributed by atoms with Crippen molar-refractivity contribution in [2.45, 2.75) is 81.6 Å². The lowest BCUT2D eigenvalue weighted by Gasteiger charge is -2.58. The van der Waals surface area contributed by atoms with Crippen molar-refractivity contribution in [3.63, 3.8) is 0 Å². The first-order chi connectivity index (χ1) is 15.0. The fourth-order valence-electron chi connectivity index (χ4n) is 6.60. The van der Waals surface area contributed by atoms with Gasteiger partial charge in [0.15, 0.2) is 0 Å². The van der Waals surface area contributed by atoms with E-state index in [1.807, 2.05) is 0 Å². The zero-order chi connectivity index (χ0) is 21.0. The van der Waals surface area contributed by atoms with E-state index in [2.05, 4.69) is 20.6 Å². The number of hydrogen-bond donors (Lipinski definition) is 3. The van der Waals surface area contributed by atoms with Gasteiger partial charge in [0.25, 0.3) is 5.91 Å². The van der Waals surface area contributed by atoms with Crippen LogP contribution in [-0.4, -0.2) is 58.0 Å². The van der Waals surface area contributed by atoms with E-state index in [0.717, 1.165) is 64.4 Å². The monoisotopic (exact) mass is 428 g/mol. The summed E-state index contributed by atoms with van der Waals surface area (Å²) in [4.78, 5) is 22.3. The van der Waals surface area contributed by atoms with Crippen molar-refractivity contribution in [1.29, 1.82) is 0 Å². The van der Waals surface area contributed by atoms with E-state index in [9.17, 15) is 9.90 Å². The standard InChI is InChI=1S/C23H32N4O4/c28-20(26-19-14-6-13-7-15(19)10-23(29,8-13)9-14)18-11-24-22(25-16-4-5-30-12-16)27-21(18)31-17-2-1-3-17/h11,13-17,19,29H,1-10,12H2,(H,26,28)(H,24,25,27)/t13?,14?,15?,16-,19?,23?/m1/s1. The van der Waals surface area contributed by atoms with Gasteiger partial charge in [-0.2, -0.15) is 4.98 Å². The van der Waals surface area contributed by atoms with Crippen LogP contribution >= 0.6 is 0 Å². The second-order valence-electron chi connectivity index (χ2n) is 10.5. The molecule has 0 radical (unpaired) electrons. The highest BCUT2D eigenvalue weighted by molar-refractivity contribution is 5.96. The Balaban J connectivity index is 1.20. The number of hydrogen-bond acceptors (Lipinski definition) is 7. The Morgan fingerprint density at radius 1 is 1.19 bits per heavy atom. The molecule has 2 heterocycles. The molecule has 4 bridgehead atoms. The molecule has 3 atom stereocenters. The number of aromatic nitrogens is 2. The number of aliphatic hydroxyl groups is 1. The fourth-order valence-corrected chi connectivity index (χ4v) is 6.60. The zero-order valence-corrected chi connectivity index (χ0v) is 17.9. The summed E-state index contributed by atoms with van der Waals surface area (Å²) >= 11 is 0. The van der Waals surface area contributed by atoms with E-state index in [1.54, 1.807) is 6.20 Å². The Hall–Kier alpha value is -1.93. The summed E-state index contributed by atoms with van der Waals surface area (Å²) in [6, 6.07) is 0.310. The first-order valence-electron chi connectivity index (χ1n) is 12.0. The van der Waals surface area contributed by atoms with Crippen LogP contribution in [0.1, 0.15) is 68.1 Å². The van der Waals surface area contributed by atoms with Crippen LogP contribution in [0, 0.1) is 17.8 Å². The lowest BCUT2D eigenvalue weighted by atomic mass is 9.52. The molecule has 0 spiro atoms. The van der Waals surface area contributed by atoms with Gasteiger partial charge in [-0.3, -0.25) is 4.79 Å². The first kappa shape index (κ1) is 19.7. The molecule has 1 saturated heterocycles. The number of anilines is 1. The Morgan fingerprint density at radius 2 is 2.00 bits per heavy atom. The number of carbonyl (C=O) groups excluding carboxylic acids is 1. The lowest BCUT2D eigenvalue weighted by molar-refractivity contribution is -0.136. The van der Waals surface area contributed by atoms with Gasteiger partial charge < -0.3 is 25.2 Å². The number of nitrogens with one attached hydrogen (secondary N) is 2. The molecule has 31 heavy (non-hydrogen) atoms. The van der Waals surface area contributed by atoms with Crippen molar-refractivity contribution in [2.24, 2.45) is 17.8 Å². The Bertz CT molecular complexity index is 838. The first-order valence-corrected chi connectivity index (χ1v) is 12.0. The summed E-state index contributed by atoms with van der Waals surface area (Å²) in [6.45, 7) is 1.38. The predicted octanol–water partition coefficient (Wildman–Crippen LogP) is 2.28. The summed E-state index contributed by atoms with van der Waals surface area (Å²) in [5.74, 6) is 2.04. The van der Waals surface area contributed by atoms with Crippen LogP contribution in [0.15, 0.2) is 6.20 Å². The highest BCUT2D eigenvalue weighted by Gasteiger charge is 2.55. The van der Waals surface area contributed by atoms with Gasteiger partial charge in [0.2, 0.25) is 11.8 Å². The molecule has 8 nitrogen and oxygen atoms in total. The highest BCUT2D eigenvalue weighted by Crippen LogP contribution is 2.55. The minimum Gasteiger partial charge on any atom is -0.474 e. The van der Waals surface area contributed by atoms with Crippen LogP contribution in [0.5, 0.6) is 5.88 Å². The molecule has 7 rings (SSSR count). The van der Waals surface area contributed by atoms with Gasteiger partial charge in [-0.05, 0) is 75.5 Å². The van der Waals surface area contributed by atoms with Crippen LogP contribution in [-0.2, 0) is 4.74 Å². The maximum atomic E-state index is 13.3. The Kier molecular flexibility index (Phi) is 4.83. The Morgan fingerprint density at radius 3 is 2.65 bits per heavy atom. The molecule has 3 N–H and O–H groups in total. The van der Waals surface area contributed by atoms with E-state index in [-0.39, 0.29) is 24.1 Å². The number of rotatable bonds is 6. The molecule has 8 heteroatoms. The molecular formula is C23H32N4O4. The van der Waals surface area contributed by atoms with Gasteiger partial charge in [0, 0.05) is 18.8 Å². The van der Waals surface area contributed by atoms with Crippen LogP contribution in [0.3, 0.4) is 0 Å². The minimum atomic E-state index is -0.503. The second-order valence-corrected chi connectivity index (χ2v) is 10.5. The smallest absolute Gasteiger partial charge is 0.258 e. The molecule has 5 aliphatic carbocycles. The van der Waals surface area contributed by atoms with E-state index in [4.69, 9.17) is 9.47 Å². The second kappa shape index (κ2) is 7.59. The van der Waals surface area contributed by atoms with Crippen LogP contribution in [0.2, 0.25) is 0 Å². The third kappa shape index (κ3) is 3.78. The van der Waals surface area contributed by atoms with Crippen molar-refractivity contribution >= 4 is 11.9 Å². The van der Waals surface area contributed by atoms with E-state index in [1.165, 1.54) is 0 Å². The largest absolute Gasteiger partial charge is 0.474 e. The van der Waals surface area contributed by atoms with Gasteiger partial charge in [0.05, 0.1) is 18.2 Å². The van der Waals surface area contributed by atoms with Crippen molar-refractivity contribution in [3.8, 4) is 5.88 Å². The average Bonchev–Trinajstić information content (AvgIpc) is 3.19. The minimum absolute atomic E-state index is 0.120. The zero-order valence-electron chi connectivity index (χ0n) is 17.9. The van der Waals surface area contributed by atoms with Crippen molar-refractivity contribution in [1.82, 2.24) is 15.3 Å². The quantitative estimate of drug-likeness (QED) is 0.638. The lowest BCUT2D eigenvalue weighted by Crippen LogP contribution is -2.61. The van der Waals surface area contributed by atoms with Crippen LogP contribution in [0.4, 0.5) is 5.95 Å². The van der Waals surface area contributed by atoms with E-state index >= 15 is 0 Å². The maximum Gasteiger partial charge on any atom is 0.258 e. The van der Waals surface area contributed by atoms with Crippen LogP contribution in [0.25, 0.3) is 0 Å². The van der Waals surface area contributed by atoms with Gasteiger partial charge in [-0.15, -0.1) is 0 Å². The molecule has 168 valence electrons. The molecule has 1 amide bonds. The third-order valence-electron chi connectivity index (χ3n) is 8.13. The maximum absolute atomic E-state index is 13.3. The fraction of sp³-hybridized carbons (Fsp3) is 0.783. The molecule has 1 aromatic rings. The molecule has 2 unspecified atom stereocenters. The van der Waals surface area contributed by atoms with E-state index in [0.29, 0.717) is 41.8 Å². The molecule has 1 aliphatic heterocycles. The number of nitrogens with zero attached hydrogens (tertiary/aromatic N) is 2. The highest BCUT2D eigenvalue weighted by atomic mass is 16.5.